The summed E-state index contributed by atoms with van der Waals surface area (Å²) in [6.45, 7) is 1.89. The van der Waals surface area contributed by atoms with E-state index in [2.05, 4.69) is 10.3 Å². The van der Waals surface area contributed by atoms with Crippen LogP contribution in [0.15, 0.2) is 28.5 Å². The van der Waals surface area contributed by atoms with Gasteiger partial charge in [0.25, 0.3) is 5.91 Å². The predicted molar refractivity (Wildman–Crippen MR) is 98.3 cm³/mol. The van der Waals surface area contributed by atoms with Crippen molar-refractivity contribution in [1.82, 2.24) is 9.29 Å². The molecule has 1 amide bonds. The van der Waals surface area contributed by atoms with Gasteiger partial charge in [0.15, 0.2) is 10.8 Å². The lowest BCUT2D eigenvalue weighted by Crippen LogP contribution is -2.23. The molecule has 0 atom stereocenters. The minimum absolute atomic E-state index is 0.00842. The number of sulfonamides is 1. The maximum Gasteiger partial charge on any atom is 0.357 e. The number of esters is 1. The number of nitrogens with zero attached hydrogens (tertiary/aromatic N) is 2. The minimum Gasteiger partial charge on any atom is -0.461 e. The molecule has 1 heterocycles. The first-order valence-electron chi connectivity index (χ1n) is 7.33. The van der Waals surface area contributed by atoms with Crippen molar-refractivity contribution in [2.45, 2.75) is 11.8 Å². The lowest BCUT2D eigenvalue weighted by atomic mass is 10.2. The van der Waals surface area contributed by atoms with E-state index in [1.807, 2.05) is 0 Å². The predicted octanol–water partition coefficient (Wildman–Crippen LogP) is 2.48. The molecular weight excluding hydrogens is 402 g/mol. The molecule has 0 aliphatic heterocycles. The number of carbonyl (C=O) groups excluding carboxylic acids is 2. The van der Waals surface area contributed by atoms with Crippen molar-refractivity contribution >= 4 is 50.0 Å². The summed E-state index contributed by atoms with van der Waals surface area (Å²) < 4.78 is 30.4. The molecule has 0 saturated carbocycles. The van der Waals surface area contributed by atoms with Crippen LogP contribution in [-0.4, -0.2) is 50.3 Å². The van der Waals surface area contributed by atoms with E-state index < -0.39 is 21.9 Å². The van der Waals surface area contributed by atoms with Crippen LogP contribution in [0, 0.1) is 0 Å². The molecule has 0 radical (unpaired) electrons. The average Bonchev–Trinajstić information content (AvgIpc) is 3.03. The van der Waals surface area contributed by atoms with Crippen molar-refractivity contribution in [1.29, 1.82) is 0 Å². The van der Waals surface area contributed by atoms with Crippen molar-refractivity contribution in [2.75, 3.05) is 26.0 Å². The average molecular weight is 418 g/mol. The van der Waals surface area contributed by atoms with Crippen LogP contribution >= 0.6 is 22.9 Å². The number of thiazole rings is 1. The fraction of sp³-hybridized carbons (Fsp3) is 0.267. The fourth-order valence-electron chi connectivity index (χ4n) is 1.84. The van der Waals surface area contributed by atoms with Gasteiger partial charge in [-0.1, -0.05) is 11.6 Å². The van der Waals surface area contributed by atoms with Crippen LogP contribution < -0.4 is 5.32 Å². The molecule has 0 bridgehead atoms. The van der Waals surface area contributed by atoms with Crippen LogP contribution in [0.1, 0.15) is 27.8 Å². The fourth-order valence-corrected chi connectivity index (χ4v) is 3.91. The molecule has 0 fully saturated rings. The van der Waals surface area contributed by atoms with Gasteiger partial charge in [-0.05, 0) is 25.1 Å². The van der Waals surface area contributed by atoms with E-state index in [4.69, 9.17) is 16.3 Å². The number of ether oxygens (including phenoxy) is 1. The lowest BCUT2D eigenvalue weighted by Gasteiger charge is -2.13. The van der Waals surface area contributed by atoms with Gasteiger partial charge in [-0.15, -0.1) is 11.3 Å². The van der Waals surface area contributed by atoms with E-state index in [1.165, 1.54) is 37.7 Å². The van der Waals surface area contributed by atoms with Crippen molar-refractivity contribution in [3.8, 4) is 0 Å². The first kappa shape index (κ1) is 20.3. The van der Waals surface area contributed by atoms with Gasteiger partial charge in [0.1, 0.15) is 4.90 Å². The van der Waals surface area contributed by atoms with Crippen molar-refractivity contribution < 1.29 is 22.7 Å². The highest BCUT2D eigenvalue weighted by Crippen LogP contribution is 2.25. The third kappa shape index (κ3) is 4.39. The second-order valence-electron chi connectivity index (χ2n) is 5.15. The number of aromatic nitrogens is 1. The SMILES string of the molecule is CCOC(=O)c1csc(NC(=O)c2ccc(Cl)c(S(=O)(=O)N(C)C)c2)n1. The maximum atomic E-state index is 12.4. The number of carbonyl (C=O) groups is 2. The number of halogens is 1. The number of amides is 1. The van der Waals surface area contributed by atoms with Crippen LogP contribution in [0.25, 0.3) is 0 Å². The standard InChI is InChI=1S/C15H16ClN3O5S2/c1-4-24-14(21)11-8-25-15(17-11)18-13(20)9-5-6-10(16)12(7-9)26(22,23)19(2)3/h5-8H,4H2,1-3H3,(H,17,18,20). The van der Waals surface area contributed by atoms with Gasteiger partial charge in [-0.2, -0.15) is 0 Å². The summed E-state index contributed by atoms with van der Waals surface area (Å²) in [4.78, 5) is 27.8. The van der Waals surface area contributed by atoms with Gasteiger partial charge in [-0.3, -0.25) is 10.1 Å². The highest BCUT2D eigenvalue weighted by Gasteiger charge is 2.23. The Morgan fingerprint density at radius 2 is 2.04 bits per heavy atom. The zero-order valence-electron chi connectivity index (χ0n) is 14.1. The van der Waals surface area contributed by atoms with Gasteiger partial charge >= 0.3 is 5.97 Å². The molecule has 0 saturated heterocycles. The Hall–Kier alpha value is -2.01. The van der Waals surface area contributed by atoms with Crippen LogP contribution in [0.5, 0.6) is 0 Å². The van der Waals surface area contributed by atoms with E-state index in [1.54, 1.807) is 6.92 Å². The van der Waals surface area contributed by atoms with Crippen LogP contribution in [0.4, 0.5) is 5.13 Å². The van der Waals surface area contributed by atoms with E-state index in [-0.39, 0.29) is 32.9 Å². The zero-order chi connectivity index (χ0) is 19.5. The van der Waals surface area contributed by atoms with Gasteiger partial charge in [-0.25, -0.2) is 22.5 Å². The van der Waals surface area contributed by atoms with Crippen LogP contribution in [-0.2, 0) is 14.8 Å². The summed E-state index contributed by atoms with van der Waals surface area (Å²) >= 11 is 7.01. The first-order valence-corrected chi connectivity index (χ1v) is 10.0. The van der Waals surface area contributed by atoms with E-state index in [9.17, 15) is 18.0 Å². The number of anilines is 1. The Morgan fingerprint density at radius 3 is 2.65 bits per heavy atom. The molecule has 2 aromatic rings. The van der Waals surface area contributed by atoms with Gasteiger partial charge < -0.3 is 4.74 Å². The summed E-state index contributed by atoms with van der Waals surface area (Å²) in [7, 11) is -1.07. The molecule has 0 aliphatic carbocycles. The highest BCUT2D eigenvalue weighted by molar-refractivity contribution is 7.89. The Bertz CT molecular complexity index is 941. The van der Waals surface area contributed by atoms with E-state index in [0.29, 0.717) is 0 Å². The summed E-state index contributed by atoms with van der Waals surface area (Å²) in [6.07, 6.45) is 0. The molecule has 11 heteroatoms. The molecule has 2 rings (SSSR count). The molecule has 140 valence electrons. The molecule has 0 spiro atoms. The number of rotatable bonds is 6. The highest BCUT2D eigenvalue weighted by atomic mass is 35.5. The molecule has 0 aliphatic rings. The van der Waals surface area contributed by atoms with E-state index >= 15 is 0 Å². The van der Waals surface area contributed by atoms with Crippen LogP contribution in [0.2, 0.25) is 5.02 Å². The molecule has 1 aromatic heterocycles. The van der Waals surface area contributed by atoms with E-state index in [0.717, 1.165) is 15.6 Å². The smallest absolute Gasteiger partial charge is 0.357 e. The number of nitrogens with one attached hydrogen (secondary N) is 1. The molecule has 8 nitrogen and oxygen atoms in total. The Morgan fingerprint density at radius 1 is 1.35 bits per heavy atom. The molecule has 1 N–H and O–H groups in total. The second-order valence-corrected chi connectivity index (χ2v) is 8.53. The molecule has 0 unspecified atom stereocenters. The molecule has 1 aromatic carbocycles. The lowest BCUT2D eigenvalue weighted by molar-refractivity contribution is 0.0520. The number of benzene rings is 1. The summed E-state index contributed by atoms with van der Waals surface area (Å²) in [5, 5.41) is 4.16. The molecule has 26 heavy (non-hydrogen) atoms. The Balaban J connectivity index is 2.25. The topological polar surface area (TPSA) is 106 Å². The second kappa shape index (κ2) is 8.12. The number of hydrogen-bond donors (Lipinski definition) is 1. The number of hydrogen-bond acceptors (Lipinski definition) is 7. The third-order valence-electron chi connectivity index (χ3n) is 3.16. The molecular formula is C15H16ClN3O5S2. The van der Waals surface area contributed by atoms with Crippen molar-refractivity contribution in [3.05, 3.63) is 39.9 Å². The van der Waals surface area contributed by atoms with Crippen molar-refractivity contribution in [3.63, 3.8) is 0 Å². The van der Waals surface area contributed by atoms with Gasteiger partial charge in [0.05, 0.1) is 11.6 Å². The Labute approximate surface area is 159 Å². The normalized spacial score (nSPS) is 11.4. The largest absolute Gasteiger partial charge is 0.461 e. The van der Waals surface area contributed by atoms with Crippen LogP contribution in [0.3, 0.4) is 0 Å². The summed E-state index contributed by atoms with van der Waals surface area (Å²) in [5.74, 6) is -1.17. The maximum absolute atomic E-state index is 12.4. The Kier molecular flexibility index (Phi) is 6.34. The summed E-state index contributed by atoms with van der Waals surface area (Å²) in [5.41, 5.74) is 0.168. The quantitative estimate of drug-likeness (QED) is 0.724. The minimum atomic E-state index is -3.80. The monoisotopic (exact) mass is 417 g/mol. The van der Waals surface area contributed by atoms with Gasteiger partial charge in [0, 0.05) is 25.0 Å². The third-order valence-corrected chi connectivity index (χ3v) is 6.22. The first-order chi connectivity index (χ1) is 12.2. The van der Waals surface area contributed by atoms with Gasteiger partial charge in [0.2, 0.25) is 10.0 Å². The summed E-state index contributed by atoms with van der Waals surface area (Å²) in [6, 6.07) is 3.91. The zero-order valence-corrected chi connectivity index (χ0v) is 16.5. The van der Waals surface area contributed by atoms with Crippen molar-refractivity contribution in [2.24, 2.45) is 0 Å².